The van der Waals surface area contributed by atoms with Crippen molar-refractivity contribution in [3.05, 3.63) is 42.0 Å². The van der Waals surface area contributed by atoms with Gasteiger partial charge in [-0.3, -0.25) is 4.99 Å². The molecule has 0 fully saturated rings. The molecule has 0 heterocycles. The zero-order valence-corrected chi connectivity index (χ0v) is 11.0. The second-order valence-corrected chi connectivity index (χ2v) is 5.57. The Kier molecular flexibility index (Phi) is 3.46. The molecular weight excluding hydrogens is 206 g/mol. The van der Waals surface area contributed by atoms with Crippen LogP contribution in [0.3, 0.4) is 0 Å². The summed E-state index contributed by atoms with van der Waals surface area (Å²) in [5.41, 5.74) is 2.83. The van der Waals surface area contributed by atoms with E-state index in [4.69, 9.17) is 0 Å². The van der Waals surface area contributed by atoms with Gasteiger partial charge in [-0.05, 0) is 37.3 Å². The lowest BCUT2D eigenvalue weighted by Crippen LogP contribution is -2.28. The van der Waals surface area contributed by atoms with Gasteiger partial charge in [-0.1, -0.05) is 43.7 Å². The molecule has 0 N–H and O–H groups in total. The van der Waals surface area contributed by atoms with Crippen molar-refractivity contribution in [2.24, 2.45) is 16.3 Å². The van der Waals surface area contributed by atoms with E-state index < -0.39 is 0 Å². The molecule has 1 aromatic rings. The fourth-order valence-corrected chi connectivity index (χ4v) is 2.56. The van der Waals surface area contributed by atoms with Crippen molar-refractivity contribution >= 4 is 11.9 Å². The molecule has 1 nitrogen and oxygen atoms in total. The van der Waals surface area contributed by atoms with E-state index in [9.17, 15) is 0 Å². The van der Waals surface area contributed by atoms with Gasteiger partial charge in [0.1, 0.15) is 0 Å². The number of hydrogen-bond donors (Lipinski definition) is 0. The molecule has 0 aliphatic heterocycles. The van der Waals surface area contributed by atoms with E-state index in [1.807, 2.05) is 30.3 Å². The normalized spacial score (nSPS) is 23.7. The summed E-state index contributed by atoms with van der Waals surface area (Å²) in [7, 11) is 0. The largest absolute Gasteiger partial charge is 0.261 e. The second-order valence-electron chi connectivity index (χ2n) is 5.57. The Bertz CT molecular complexity index is 426. The highest BCUT2D eigenvalue weighted by molar-refractivity contribution is 5.70. The van der Waals surface area contributed by atoms with Gasteiger partial charge in [0.05, 0.1) is 5.69 Å². The Labute approximate surface area is 104 Å². The van der Waals surface area contributed by atoms with Crippen LogP contribution < -0.4 is 0 Å². The fraction of sp³-hybridized carbons (Fsp3) is 0.438. The number of hydrogen-bond acceptors (Lipinski definition) is 1. The van der Waals surface area contributed by atoms with Crippen molar-refractivity contribution in [2.75, 3.05) is 0 Å². The molecule has 0 amide bonds. The molecule has 1 heteroatoms. The van der Waals surface area contributed by atoms with Crippen LogP contribution >= 0.6 is 0 Å². The Balaban J connectivity index is 2.19. The maximum Gasteiger partial charge on any atom is 0.0625 e. The van der Waals surface area contributed by atoms with Gasteiger partial charge < -0.3 is 0 Å². The van der Waals surface area contributed by atoms with Crippen molar-refractivity contribution in [3.8, 4) is 0 Å². The molecule has 1 atom stereocenters. The standard InChI is InChI=1S/C16H21N/c1-13-8-7-11-16(2,3)15(13)12-17-14-9-5-4-6-10-14/h4-6,8-10,12,15H,7,11H2,1-3H3. The van der Waals surface area contributed by atoms with Crippen molar-refractivity contribution in [1.29, 1.82) is 0 Å². The predicted molar refractivity (Wildman–Crippen MR) is 74.9 cm³/mol. The molecule has 2 rings (SSSR count). The van der Waals surface area contributed by atoms with Crippen LogP contribution in [0.5, 0.6) is 0 Å². The van der Waals surface area contributed by atoms with E-state index >= 15 is 0 Å². The number of aliphatic imine (C=N–C) groups is 1. The van der Waals surface area contributed by atoms with Crippen molar-refractivity contribution in [2.45, 2.75) is 33.6 Å². The molecule has 0 radical (unpaired) electrons. The van der Waals surface area contributed by atoms with Crippen LogP contribution in [0.25, 0.3) is 0 Å². The average molecular weight is 227 g/mol. The first kappa shape index (κ1) is 12.1. The maximum atomic E-state index is 4.61. The zero-order chi connectivity index (χ0) is 12.3. The van der Waals surface area contributed by atoms with Gasteiger partial charge in [0.2, 0.25) is 0 Å². The lowest BCUT2D eigenvalue weighted by Gasteiger charge is -2.36. The molecule has 0 bridgehead atoms. The highest BCUT2D eigenvalue weighted by Crippen LogP contribution is 2.39. The van der Waals surface area contributed by atoms with Gasteiger partial charge in [0.15, 0.2) is 0 Å². The SMILES string of the molecule is CC1=CCCC(C)(C)C1C=Nc1ccccc1. The van der Waals surface area contributed by atoms with E-state index in [-0.39, 0.29) is 0 Å². The molecule has 90 valence electrons. The van der Waals surface area contributed by atoms with Crippen molar-refractivity contribution in [1.82, 2.24) is 0 Å². The van der Waals surface area contributed by atoms with Gasteiger partial charge in [-0.15, -0.1) is 0 Å². The molecular formula is C16H21N. The van der Waals surface area contributed by atoms with Crippen LogP contribution in [0.4, 0.5) is 5.69 Å². The van der Waals surface area contributed by atoms with Gasteiger partial charge >= 0.3 is 0 Å². The minimum atomic E-state index is 0.330. The first-order valence-corrected chi connectivity index (χ1v) is 6.35. The summed E-state index contributed by atoms with van der Waals surface area (Å²) in [5.74, 6) is 0.469. The van der Waals surface area contributed by atoms with E-state index in [2.05, 4.69) is 38.1 Å². The Morgan fingerprint density at radius 1 is 1.24 bits per heavy atom. The lowest BCUT2D eigenvalue weighted by atomic mass is 9.69. The van der Waals surface area contributed by atoms with Gasteiger partial charge in [-0.2, -0.15) is 0 Å². The summed E-state index contributed by atoms with van der Waals surface area (Å²) >= 11 is 0. The zero-order valence-electron chi connectivity index (χ0n) is 11.0. The monoisotopic (exact) mass is 227 g/mol. The Morgan fingerprint density at radius 3 is 2.59 bits per heavy atom. The summed E-state index contributed by atoms with van der Waals surface area (Å²) < 4.78 is 0. The van der Waals surface area contributed by atoms with Gasteiger partial charge in [0.25, 0.3) is 0 Å². The third kappa shape index (κ3) is 2.85. The molecule has 0 saturated heterocycles. The highest BCUT2D eigenvalue weighted by Gasteiger charge is 2.31. The van der Waals surface area contributed by atoms with Gasteiger partial charge in [-0.25, -0.2) is 0 Å². The van der Waals surface area contributed by atoms with E-state index in [0.717, 1.165) is 5.69 Å². The maximum absolute atomic E-state index is 4.61. The summed E-state index contributed by atoms with van der Waals surface area (Å²) in [4.78, 5) is 4.61. The van der Waals surface area contributed by atoms with Crippen LogP contribution in [0.1, 0.15) is 33.6 Å². The van der Waals surface area contributed by atoms with Crippen molar-refractivity contribution < 1.29 is 0 Å². The van der Waals surface area contributed by atoms with E-state index in [1.165, 1.54) is 18.4 Å². The molecule has 1 aliphatic carbocycles. The minimum Gasteiger partial charge on any atom is -0.261 e. The quantitative estimate of drug-likeness (QED) is 0.509. The molecule has 17 heavy (non-hydrogen) atoms. The summed E-state index contributed by atoms with van der Waals surface area (Å²) in [6, 6.07) is 10.2. The van der Waals surface area contributed by atoms with Crippen LogP contribution in [-0.2, 0) is 0 Å². The molecule has 0 spiro atoms. The first-order chi connectivity index (χ1) is 8.09. The summed E-state index contributed by atoms with van der Waals surface area (Å²) in [6.45, 7) is 6.90. The summed E-state index contributed by atoms with van der Waals surface area (Å²) in [5, 5.41) is 0. The smallest absolute Gasteiger partial charge is 0.0625 e. The average Bonchev–Trinajstić information content (AvgIpc) is 2.29. The molecule has 1 aliphatic rings. The van der Waals surface area contributed by atoms with Crippen LogP contribution in [-0.4, -0.2) is 6.21 Å². The number of benzene rings is 1. The first-order valence-electron chi connectivity index (χ1n) is 6.35. The lowest BCUT2D eigenvalue weighted by molar-refractivity contribution is 0.274. The topological polar surface area (TPSA) is 12.4 Å². The number of rotatable bonds is 2. The summed E-state index contributed by atoms with van der Waals surface area (Å²) in [6.07, 6.45) is 6.93. The van der Waals surface area contributed by atoms with Crippen LogP contribution in [0.15, 0.2) is 47.0 Å². The molecule has 1 aromatic carbocycles. The van der Waals surface area contributed by atoms with Gasteiger partial charge in [0, 0.05) is 12.1 Å². The molecule has 1 unspecified atom stereocenters. The Morgan fingerprint density at radius 2 is 1.94 bits per heavy atom. The fourth-order valence-electron chi connectivity index (χ4n) is 2.56. The van der Waals surface area contributed by atoms with E-state index in [1.54, 1.807) is 0 Å². The molecule has 0 saturated carbocycles. The highest BCUT2D eigenvalue weighted by atomic mass is 14.7. The molecule has 0 aromatic heterocycles. The Hall–Kier alpha value is -1.37. The van der Waals surface area contributed by atoms with Crippen LogP contribution in [0.2, 0.25) is 0 Å². The van der Waals surface area contributed by atoms with Crippen LogP contribution in [0, 0.1) is 11.3 Å². The van der Waals surface area contributed by atoms with Crippen molar-refractivity contribution in [3.63, 3.8) is 0 Å². The number of nitrogens with zero attached hydrogens (tertiary/aromatic N) is 1. The number of allylic oxidation sites excluding steroid dienone is 2. The number of para-hydroxylation sites is 1. The predicted octanol–water partition coefficient (Wildman–Crippen LogP) is 4.77. The van der Waals surface area contributed by atoms with E-state index in [0.29, 0.717) is 11.3 Å². The second kappa shape index (κ2) is 4.87. The third-order valence-electron chi connectivity index (χ3n) is 3.72. The third-order valence-corrected chi connectivity index (χ3v) is 3.72. The minimum absolute atomic E-state index is 0.330.